The molecular weight excluding hydrogens is 226 g/mol. The van der Waals surface area contributed by atoms with E-state index in [4.69, 9.17) is 10.5 Å². The molecule has 1 aliphatic rings. The van der Waals surface area contributed by atoms with Crippen molar-refractivity contribution < 1.29 is 9.53 Å². The molecule has 0 saturated heterocycles. The number of rotatable bonds is 5. The van der Waals surface area contributed by atoms with E-state index in [0.717, 1.165) is 24.7 Å². The zero-order chi connectivity index (χ0) is 13.8. The maximum atomic E-state index is 11.6. The normalized spacial score (nSPS) is 30.2. The van der Waals surface area contributed by atoms with E-state index in [1.165, 1.54) is 26.4 Å². The highest BCUT2D eigenvalue weighted by atomic mass is 16.5. The monoisotopic (exact) mass is 255 g/mol. The number of esters is 1. The Labute approximate surface area is 111 Å². The number of carbonyl (C=O) groups excluding carboxylic acids is 1. The van der Waals surface area contributed by atoms with E-state index in [1.54, 1.807) is 0 Å². The van der Waals surface area contributed by atoms with Crippen LogP contribution in [0.5, 0.6) is 0 Å². The van der Waals surface area contributed by atoms with Crippen molar-refractivity contribution in [1.29, 1.82) is 0 Å². The van der Waals surface area contributed by atoms with Gasteiger partial charge in [0.05, 0.1) is 13.5 Å². The molecule has 1 aliphatic carbocycles. The molecule has 3 heteroatoms. The van der Waals surface area contributed by atoms with Gasteiger partial charge in [0, 0.05) is 6.04 Å². The van der Waals surface area contributed by atoms with Crippen molar-refractivity contribution in [2.24, 2.45) is 23.0 Å². The maximum absolute atomic E-state index is 11.6. The highest BCUT2D eigenvalue weighted by Gasteiger charge is 2.41. The van der Waals surface area contributed by atoms with Crippen LogP contribution in [0.1, 0.15) is 59.3 Å². The molecule has 0 aromatic heterocycles. The number of nitrogens with two attached hydrogens (primary N) is 1. The maximum Gasteiger partial charge on any atom is 0.306 e. The van der Waals surface area contributed by atoms with Crippen LogP contribution in [0.15, 0.2) is 0 Å². The SMILES string of the molecule is COC(=O)CC1(C(C)N)CCCC(CC(C)C)C1. The van der Waals surface area contributed by atoms with Crippen molar-refractivity contribution in [3.05, 3.63) is 0 Å². The minimum atomic E-state index is -0.113. The summed E-state index contributed by atoms with van der Waals surface area (Å²) in [6.45, 7) is 6.58. The summed E-state index contributed by atoms with van der Waals surface area (Å²) in [5.74, 6) is 1.32. The van der Waals surface area contributed by atoms with E-state index in [9.17, 15) is 4.79 Å². The molecule has 3 atom stereocenters. The molecule has 0 heterocycles. The first-order chi connectivity index (χ1) is 8.39. The second-order valence-corrected chi connectivity index (χ2v) is 6.50. The lowest BCUT2D eigenvalue weighted by atomic mass is 9.63. The number of ether oxygens (including phenoxy) is 1. The first-order valence-electron chi connectivity index (χ1n) is 7.22. The lowest BCUT2D eigenvalue weighted by Crippen LogP contribution is -2.45. The lowest BCUT2D eigenvalue weighted by Gasteiger charge is -2.43. The Balaban J connectivity index is 2.74. The van der Waals surface area contributed by atoms with Crippen molar-refractivity contribution in [2.75, 3.05) is 7.11 Å². The number of hydrogen-bond acceptors (Lipinski definition) is 3. The van der Waals surface area contributed by atoms with Crippen molar-refractivity contribution in [3.8, 4) is 0 Å². The van der Waals surface area contributed by atoms with E-state index >= 15 is 0 Å². The van der Waals surface area contributed by atoms with Gasteiger partial charge in [-0.3, -0.25) is 4.79 Å². The summed E-state index contributed by atoms with van der Waals surface area (Å²) in [5.41, 5.74) is 6.15. The Hall–Kier alpha value is -0.570. The van der Waals surface area contributed by atoms with E-state index in [0.29, 0.717) is 6.42 Å². The van der Waals surface area contributed by atoms with Gasteiger partial charge in [0.1, 0.15) is 0 Å². The topological polar surface area (TPSA) is 52.3 Å². The molecule has 0 aliphatic heterocycles. The summed E-state index contributed by atoms with van der Waals surface area (Å²) >= 11 is 0. The van der Waals surface area contributed by atoms with Crippen LogP contribution in [0.3, 0.4) is 0 Å². The van der Waals surface area contributed by atoms with Crippen LogP contribution in [-0.2, 0) is 9.53 Å². The number of hydrogen-bond donors (Lipinski definition) is 1. The molecule has 1 rings (SSSR count). The predicted molar refractivity (Wildman–Crippen MR) is 74.1 cm³/mol. The van der Waals surface area contributed by atoms with Gasteiger partial charge in [-0.25, -0.2) is 0 Å². The number of carbonyl (C=O) groups is 1. The highest BCUT2D eigenvalue weighted by molar-refractivity contribution is 5.70. The van der Waals surface area contributed by atoms with E-state index in [2.05, 4.69) is 13.8 Å². The van der Waals surface area contributed by atoms with Gasteiger partial charge in [-0.1, -0.05) is 26.7 Å². The average Bonchev–Trinajstić information content (AvgIpc) is 2.28. The summed E-state index contributed by atoms with van der Waals surface area (Å²) in [5, 5.41) is 0. The molecule has 0 amide bonds. The molecule has 2 N–H and O–H groups in total. The third kappa shape index (κ3) is 3.98. The van der Waals surface area contributed by atoms with Crippen LogP contribution in [0.2, 0.25) is 0 Å². The summed E-state index contributed by atoms with van der Waals surface area (Å²) < 4.78 is 4.85. The second kappa shape index (κ2) is 6.55. The molecule has 1 saturated carbocycles. The predicted octanol–water partition coefficient (Wildman–Crippen LogP) is 3.12. The van der Waals surface area contributed by atoms with Gasteiger partial charge in [-0.05, 0) is 43.4 Å². The van der Waals surface area contributed by atoms with Crippen molar-refractivity contribution in [1.82, 2.24) is 0 Å². The fourth-order valence-electron chi connectivity index (χ4n) is 3.48. The lowest BCUT2D eigenvalue weighted by molar-refractivity contribution is -0.144. The molecular formula is C15H29NO2. The van der Waals surface area contributed by atoms with Crippen molar-refractivity contribution in [3.63, 3.8) is 0 Å². The van der Waals surface area contributed by atoms with Crippen LogP contribution in [-0.4, -0.2) is 19.1 Å². The fourth-order valence-corrected chi connectivity index (χ4v) is 3.48. The molecule has 3 nitrogen and oxygen atoms in total. The molecule has 0 aromatic carbocycles. The second-order valence-electron chi connectivity index (χ2n) is 6.50. The van der Waals surface area contributed by atoms with Crippen LogP contribution in [0, 0.1) is 17.3 Å². The Morgan fingerprint density at radius 3 is 2.61 bits per heavy atom. The molecule has 0 spiro atoms. The minimum Gasteiger partial charge on any atom is -0.469 e. The third-order valence-electron chi connectivity index (χ3n) is 4.48. The molecule has 18 heavy (non-hydrogen) atoms. The molecule has 106 valence electrons. The van der Waals surface area contributed by atoms with E-state index < -0.39 is 0 Å². The summed E-state index contributed by atoms with van der Waals surface area (Å²) in [6, 6.07) is 0.0616. The zero-order valence-corrected chi connectivity index (χ0v) is 12.4. The van der Waals surface area contributed by atoms with Crippen LogP contribution in [0.4, 0.5) is 0 Å². The largest absolute Gasteiger partial charge is 0.469 e. The summed E-state index contributed by atoms with van der Waals surface area (Å²) in [4.78, 5) is 11.6. The Kier molecular flexibility index (Phi) is 5.64. The van der Waals surface area contributed by atoms with Gasteiger partial charge in [0.25, 0.3) is 0 Å². The van der Waals surface area contributed by atoms with Gasteiger partial charge >= 0.3 is 5.97 Å². The van der Waals surface area contributed by atoms with Gasteiger partial charge in [0.15, 0.2) is 0 Å². The Morgan fingerprint density at radius 1 is 1.44 bits per heavy atom. The quantitative estimate of drug-likeness (QED) is 0.768. The molecule has 3 unspecified atom stereocenters. The molecule has 0 radical (unpaired) electrons. The number of methoxy groups -OCH3 is 1. The molecule has 1 fully saturated rings. The average molecular weight is 255 g/mol. The van der Waals surface area contributed by atoms with Gasteiger partial charge in [0.2, 0.25) is 0 Å². The molecule has 0 bridgehead atoms. The first-order valence-corrected chi connectivity index (χ1v) is 7.22. The van der Waals surface area contributed by atoms with Gasteiger partial charge < -0.3 is 10.5 Å². The van der Waals surface area contributed by atoms with E-state index in [1.807, 2.05) is 6.92 Å². The van der Waals surface area contributed by atoms with Crippen molar-refractivity contribution >= 4 is 5.97 Å². The van der Waals surface area contributed by atoms with E-state index in [-0.39, 0.29) is 17.4 Å². The minimum absolute atomic E-state index is 0.0368. The van der Waals surface area contributed by atoms with Crippen LogP contribution >= 0.6 is 0 Å². The Bertz CT molecular complexity index is 276. The molecule has 0 aromatic rings. The summed E-state index contributed by atoms with van der Waals surface area (Å²) in [7, 11) is 1.46. The fraction of sp³-hybridized carbons (Fsp3) is 0.933. The van der Waals surface area contributed by atoms with Gasteiger partial charge in [-0.2, -0.15) is 0 Å². The third-order valence-corrected chi connectivity index (χ3v) is 4.48. The van der Waals surface area contributed by atoms with Crippen molar-refractivity contribution in [2.45, 2.75) is 65.3 Å². The standard InChI is InChI=1S/C15H29NO2/c1-11(2)8-13-6-5-7-15(9-13,12(3)16)10-14(17)18-4/h11-13H,5-10,16H2,1-4H3. The van der Waals surface area contributed by atoms with Gasteiger partial charge in [-0.15, -0.1) is 0 Å². The summed E-state index contributed by atoms with van der Waals surface area (Å²) in [6.07, 6.45) is 6.35. The smallest absolute Gasteiger partial charge is 0.306 e. The Morgan fingerprint density at radius 2 is 2.11 bits per heavy atom. The van der Waals surface area contributed by atoms with Crippen LogP contribution < -0.4 is 5.73 Å². The zero-order valence-electron chi connectivity index (χ0n) is 12.4. The first kappa shape index (κ1) is 15.5. The highest BCUT2D eigenvalue weighted by Crippen LogP contribution is 2.46. The van der Waals surface area contributed by atoms with Crippen LogP contribution in [0.25, 0.3) is 0 Å².